The molecule has 1 aliphatic heterocycles. The van der Waals surface area contributed by atoms with Crippen molar-refractivity contribution in [1.29, 1.82) is 0 Å². The Balaban J connectivity index is 1.79. The predicted octanol–water partition coefficient (Wildman–Crippen LogP) is 2.02. The Bertz CT molecular complexity index is 293. The molecule has 0 aromatic heterocycles. The number of nitrogens with zero attached hydrogens (tertiary/aromatic N) is 1. The van der Waals surface area contributed by atoms with Gasteiger partial charge < -0.3 is 10.2 Å². The van der Waals surface area contributed by atoms with E-state index < -0.39 is 5.92 Å². The van der Waals surface area contributed by atoms with Gasteiger partial charge in [-0.15, -0.1) is 0 Å². The lowest BCUT2D eigenvalue weighted by atomic mass is 9.86. The molecule has 1 N–H and O–H groups in total. The van der Waals surface area contributed by atoms with Crippen LogP contribution in [0.25, 0.3) is 0 Å². The van der Waals surface area contributed by atoms with Crippen molar-refractivity contribution in [1.82, 2.24) is 10.2 Å². The topological polar surface area (TPSA) is 32.3 Å². The average molecular weight is 260 g/mol. The minimum Gasteiger partial charge on any atom is -0.344 e. The van der Waals surface area contributed by atoms with E-state index in [0.717, 1.165) is 19.4 Å². The Kier molecular flexibility index (Phi) is 4.20. The summed E-state index contributed by atoms with van der Waals surface area (Å²) in [6.07, 6.45) is 2.63. The second kappa shape index (κ2) is 5.51. The molecule has 18 heavy (non-hydrogen) atoms. The fraction of sp³-hybridized carbons (Fsp3) is 0.923. The van der Waals surface area contributed by atoms with Crippen molar-refractivity contribution in [3.63, 3.8) is 0 Å². The Morgan fingerprint density at radius 2 is 2.00 bits per heavy atom. The van der Waals surface area contributed by atoms with Crippen LogP contribution < -0.4 is 5.32 Å². The number of likely N-dealkylation sites (N-methyl/N-ethyl adjacent to an activating group) is 1. The van der Waals surface area contributed by atoms with Gasteiger partial charge in [0.2, 0.25) is 11.8 Å². The second-order valence-electron chi connectivity index (χ2n) is 5.64. The molecule has 0 aromatic rings. The highest BCUT2D eigenvalue weighted by atomic mass is 19.3. The van der Waals surface area contributed by atoms with E-state index in [2.05, 4.69) is 5.32 Å². The quantitative estimate of drug-likeness (QED) is 0.842. The van der Waals surface area contributed by atoms with Crippen molar-refractivity contribution in [3.05, 3.63) is 0 Å². The summed E-state index contributed by atoms with van der Waals surface area (Å²) in [5.74, 6) is -2.71. The van der Waals surface area contributed by atoms with Crippen molar-refractivity contribution >= 4 is 5.91 Å². The number of nitrogens with one attached hydrogen (secondary N) is 1. The summed E-state index contributed by atoms with van der Waals surface area (Å²) in [7, 11) is 1.79. The summed E-state index contributed by atoms with van der Waals surface area (Å²) < 4.78 is 26.1. The molecule has 1 aliphatic carbocycles. The van der Waals surface area contributed by atoms with E-state index in [1.807, 2.05) is 0 Å². The van der Waals surface area contributed by atoms with Crippen LogP contribution >= 0.6 is 0 Å². The van der Waals surface area contributed by atoms with Gasteiger partial charge in [0.15, 0.2) is 0 Å². The van der Waals surface area contributed by atoms with E-state index in [4.69, 9.17) is 0 Å². The molecule has 1 unspecified atom stereocenters. The Hall–Kier alpha value is -0.710. The average Bonchev–Trinajstić information content (AvgIpc) is 2.81. The van der Waals surface area contributed by atoms with Crippen molar-refractivity contribution in [2.45, 2.75) is 50.5 Å². The molecule has 0 spiro atoms. The highest BCUT2D eigenvalue weighted by molar-refractivity contribution is 5.78. The molecular formula is C13H22F2N2O. The molecule has 1 saturated heterocycles. The molecule has 1 saturated carbocycles. The van der Waals surface area contributed by atoms with Gasteiger partial charge in [0.05, 0.1) is 0 Å². The van der Waals surface area contributed by atoms with Crippen LogP contribution in [0.1, 0.15) is 38.5 Å². The SMILES string of the molecule is CN(CC1CCCN1)C(=O)C1CCC(F)(F)CC1. The van der Waals surface area contributed by atoms with Crippen LogP contribution in [0.15, 0.2) is 0 Å². The first-order chi connectivity index (χ1) is 8.48. The third-order valence-electron chi connectivity index (χ3n) is 4.10. The number of alkyl halides is 2. The summed E-state index contributed by atoms with van der Waals surface area (Å²) in [4.78, 5) is 13.9. The molecule has 2 fully saturated rings. The zero-order valence-electron chi connectivity index (χ0n) is 10.9. The number of carbonyl (C=O) groups excluding carboxylic acids is 1. The third-order valence-corrected chi connectivity index (χ3v) is 4.10. The highest BCUT2D eigenvalue weighted by Crippen LogP contribution is 2.36. The summed E-state index contributed by atoms with van der Waals surface area (Å²) in [6, 6.07) is 0.379. The van der Waals surface area contributed by atoms with Crippen LogP contribution in [0.5, 0.6) is 0 Å². The molecule has 1 atom stereocenters. The van der Waals surface area contributed by atoms with Gasteiger partial charge in [-0.05, 0) is 32.2 Å². The first-order valence-corrected chi connectivity index (χ1v) is 6.84. The number of hydrogen-bond acceptors (Lipinski definition) is 2. The molecule has 1 amide bonds. The summed E-state index contributed by atoms with van der Waals surface area (Å²) in [6.45, 7) is 1.72. The molecule has 2 aliphatic rings. The lowest BCUT2D eigenvalue weighted by molar-refractivity contribution is -0.138. The molecule has 3 nitrogen and oxygen atoms in total. The molecule has 1 heterocycles. The van der Waals surface area contributed by atoms with Gasteiger partial charge >= 0.3 is 0 Å². The number of halogens is 2. The van der Waals surface area contributed by atoms with Gasteiger partial charge in [-0.1, -0.05) is 0 Å². The fourth-order valence-electron chi connectivity index (χ4n) is 2.93. The van der Waals surface area contributed by atoms with Gasteiger partial charge in [0.1, 0.15) is 0 Å². The second-order valence-corrected chi connectivity index (χ2v) is 5.64. The largest absolute Gasteiger partial charge is 0.344 e. The summed E-state index contributed by atoms with van der Waals surface area (Å²) in [5, 5.41) is 3.34. The van der Waals surface area contributed by atoms with Crippen LogP contribution in [0.3, 0.4) is 0 Å². The van der Waals surface area contributed by atoms with E-state index in [-0.39, 0.29) is 24.7 Å². The van der Waals surface area contributed by atoms with Gasteiger partial charge in [0.25, 0.3) is 0 Å². The minimum absolute atomic E-state index is 0.0409. The van der Waals surface area contributed by atoms with Gasteiger partial charge in [-0.25, -0.2) is 8.78 Å². The number of hydrogen-bond donors (Lipinski definition) is 1. The van der Waals surface area contributed by atoms with Crippen LogP contribution in [-0.4, -0.2) is 42.9 Å². The van der Waals surface area contributed by atoms with Crippen LogP contribution in [0.4, 0.5) is 8.78 Å². The monoisotopic (exact) mass is 260 g/mol. The van der Waals surface area contributed by atoms with Crippen molar-refractivity contribution < 1.29 is 13.6 Å². The Labute approximate surface area is 107 Å². The van der Waals surface area contributed by atoms with Gasteiger partial charge in [0, 0.05) is 38.4 Å². The van der Waals surface area contributed by atoms with Gasteiger partial charge in [-0.2, -0.15) is 0 Å². The van der Waals surface area contributed by atoms with E-state index in [0.29, 0.717) is 25.4 Å². The van der Waals surface area contributed by atoms with Crippen molar-refractivity contribution in [2.24, 2.45) is 5.92 Å². The normalized spacial score (nSPS) is 28.3. The molecule has 5 heteroatoms. The van der Waals surface area contributed by atoms with Crippen molar-refractivity contribution in [2.75, 3.05) is 20.1 Å². The summed E-state index contributed by atoms with van der Waals surface area (Å²) >= 11 is 0. The van der Waals surface area contributed by atoms with E-state index in [1.165, 1.54) is 0 Å². The molecule has 0 bridgehead atoms. The number of carbonyl (C=O) groups is 1. The maximum Gasteiger partial charge on any atom is 0.248 e. The van der Waals surface area contributed by atoms with Crippen molar-refractivity contribution in [3.8, 4) is 0 Å². The smallest absolute Gasteiger partial charge is 0.248 e. The zero-order valence-corrected chi connectivity index (χ0v) is 10.9. The zero-order chi connectivity index (χ0) is 13.2. The first kappa shape index (κ1) is 13.7. The minimum atomic E-state index is -2.55. The first-order valence-electron chi connectivity index (χ1n) is 6.84. The maximum atomic E-state index is 13.0. The molecule has 0 aromatic carbocycles. The Morgan fingerprint density at radius 3 is 2.56 bits per heavy atom. The third kappa shape index (κ3) is 3.40. The number of rotatable bonds is 3. The molecule has 0 radical (unpaired) electrons. The van der Waals surface area contributed by atoms with E-state index >= 15 is 0 Å². The maximum absolute atomic E-state index is 13.0. The standard InChI is InChI=1S/C13H22F2N2O/c1-17(9-11-3-2-8-16-11)12(18)10-4-6-13(14,15)7-5-10/h10-11,16H,2-9H2,1H3. The Morgan fingerprint density at radius 1 is 1.33 bits per heavy atom. The molecular weight excluding hydrogens is 238 g/mol. The highest BCUT2D eigenvalue weighted by Gasteiger charge is 2.38. The molecule has 104 valence electrons. The molecule has 2 rings (SSSR count). The van der Waals surface area contributed by atoms with Crippen LogP contribution in [0.2, 0.25) is 0 Å². The summed E-state index contributed by atoms with van der Waals surface area (Å²) in [5.41, 5.74) is 0. The lowest BCUT2D eigenvalue weighted by Crippen LogP contribution is -2.42. The van der Waals surface area contributed by atoms with Crippen LogP contribution in [-0.2, 0) is 4.79 Å². The van der Waals surface area contributed by atoms with Crippen LogP contribution in [0, 0.1) is 5.92 Å². The van der Waals surface area contributed by atoms with E-state index in [9.17, 15) is 13.6 Å². The lowest BCUT2D eigenvalue weighted by Gasteiger charge is -2.31. The fourth-order valence-corrected chi connectivity index (χ4v) is 2.93. The van der Waals surface area contributed by atoms with E-state index in [1.54, 1.807) is 11.9 Å². The predicted molar refractivity (Wildman–Crippen MR) is 65.6 cm³/mol. The number of amides is 1. The van der Waals surface area contributed by atoms with Gasteiger partial charge in [-0.3, -0.25) is 4.79 Å².